The Bertz CT molecular complexity index is 1190. The second-order valence-corrected chi connectivity index (χ2v) is 10.5. The highest BCUT2D eigenvalue weighted by atomic mass is 19.1. The summed E-state index contributed by atoms with van der Waals surface area (Å²) in [5.74, 6) is 0.0694. The lowest BCUT2D eigenvalue weighted by molar-refractivity contribution is -0.0318. The normalized spacial score (nSPS) is 19.0. The van der Waals surface area contributed by atoms with Crippen LogP contribution in [0.4, 0.5) is 4.39 Å². The number of carbonyl (C=O) groups is 1. The molecule has 1 amide bonds. The average Bonchev–Trinajstić information content (AvgIpc) is 3.16. The fourth-order valence-corrected chi connectivity index (χ4v) is 5.89. The Hall–Kier alpha value is -2.74. The summed E-state index contributed by atoms with van der Waals surface area (Å²) in [4.78, 5) is 14.0. The van der Waals surface area contributed by atoms with E-state index in [0.29, 0.717) is 44.1 Å². The van der Waals surface area contributed by atoms with E-state index in [4.69, 9.17) is 9.94 Å². The summed E-state index contributed by atoms with van der Waals surface area (Å²) < 4.78 is 23.0. The molecule has 7 heteroatoms. The summed E-state index contributed by atoms with van der Waals surface area (Å²) in [6.45, 7) is 6.71. The van der Waals surface area contributed by atoms with Crippen LogP contribution < -0.4 is 5.48 Å². The van der Waals surface area contributed by atoms with E-state index in [1.54, 1.807) is 17.6 Å². The molecule has 2 saturated heterocycles. The molecule has 36 heavy (non-hydrogen) atoms. The van der Waals surface area contributed by atoms with Gasteiger partial charge in [-0.3, -0.25) is 10.0 Å². The van der Waals surface area contributed by atoms with Crippen LogP contribution in [0, 0.1) is 12.8 Å². The zero-order valence-electron chi connectivity index (χ0n) is 21.0. The van der Waals surface area contributed by atoms with Crippen LogP contribution in [-0.4, -0.2) is 59.1 Å². The van der Waals surface area contributed by atoms with Gasteiger partial charge >= 0.3 is 0 Å². The van der Waals surface area contributed by atoms with Crippen molar-refractivity contribution in [3.63, 3.8) is 0 Å². The summed E-state index contributed by atoms with van der Waals surface area (Å²) in [6, 6.07) is 16.0. The first kappa shape index (κ1) is 24.9. The molecule has 2 aliphatic heterocycles. The predicted molar refractivity (Wildman–Crippen MR) is 138 cm³/mol. The lowest BCUT2D eigenvalue weighted by Crippen LogP contribution is -2.46. The fourth-order valence-electron chi connectivity index (χ4n) is 5.89. The quantitative estimate of drug-likeness (QED) is 0.363. The van der Waals surface area contributed by atoms with Gasteiger partial charge in [0.05, 0.1) is 0 Å². The number of piperidine rings is 1. The van der Waals surface area contributed by atoms with Gasteiger partial charge in [0.2, 0.25) is 0 Å². The molecule has 0 unspecified atom stereocenters. The standard InChI is InChI=1S/C29H36FN3O3/c1-21-26(18-22-6-8-24(9-7-22)28(34)31-35)25-4-2-3-5-27(25)33(21)19-23-10-14-32(15-11-23)20-29(30)12-16-36-17-13-29/h2-9,23,35H,10-20H2,1H3,(H,31,34). The Morgan fingerprint density at radius 1 is 1.11 bits per heavy atom. The third-order valence-electron chi connectivity index (χ3n) is 8.10. The zero-order chi connectivity index (χ0) is 25.1. The van der Waals surface area contributed by atoms with Crippen LogP contribution in [0.25, 0.3) is 10.9 Å². The van der Waals surface area contributed by atoms with Crippen molar-refractivity contribution in [3.05, 3.63) is 70.9 Å². The molecule has 0 aliphatic carbocycles. The summed E-state index contributed by atoms with van der Waals surface area (Å²) in [5.41, 5.74) is 5.99. The monoisotopic (exact) mass is 493 g/mol. The number of carbonyl (C=O) groups excluding carboxylic acids is 1. The van der Waals surface area contributed by atoms with Crippen LogP contribution in [0.2, 0.25) is 0 Å². The summed E-state index contributed by atoms with van der Waals surface area (Å²) in [6.07, 6.45) is 3.98. The second kappa shape index (κ2) is 10.7. The number of likely N-dealkylation sites (tertiary alicyclic amines) is 1. The van der Waals surface area contributed by atoms with Crippen molar-refractivity contribution < 1.29 is 19.1 Å². The Morgan fingerprint density at radius 2 is 1.81 bits per heavy atom. The maximum absolute atomic E-state index is 15.1. The van der Waals surface area contributed by atoms with Gasteiger partial charge in [-0.25, -0.2) is 9.87 Å². The topological polar surface area (TPSA) is 66.7 Å². The second-order valence-electron chi connectivity index (χ2n) is 10.5. The highest BCUT2D eigenvalue weighted by Crippen LogP contribution is 2.32. The first-order valence-corrected chi connectivity index (χ1v) is 13.0. The predicted octanol–water partition coefficient (Wildman–Crippen LogP) is 4.89. The molecule has 2 aliphatic rings. The van der Waals surface area contributed by atoms with Gasteiger partial charge in [-0.2, -0.15) is 0 Å². The minimum absolute atomic E-state index is 0.433. The Kier molecular flexibility index (Phi) is 7.42. The molecule has 0 atom stereocenters. The number of alkyl halides is 1. The third kappa shape index (κ3) is 5.33. The number of aromatic nitrogens is 1. The molecule has 0 saturated carbocycles. The number of ether oxygens (including phenoxy) is 1. The van der Waals surface area contributed by atoms with Crippen molar-refractivity contribution in [2.24, 2.45) is 5.92 Å². The number of amides is 1. The molecule has 3 heterocycles. The number of hydrogen-bond donors (Lipinski definition) is 2. The molecule has 192 valence electrons. The van der Waals surface area contributed by atoms with Gasteiger partial charge in [0.1, 0.15) is 5.67 Å². The Balaban J connectivity index is 1.28. The molecule has 5 rings (SSSR count). The largest absolute Gasteiger partial charge is 0.381 e. The van der Waals surface area contributed by atoms with Crippen molar-refractivity contribution in [2.75, 3.05) is 32.8 Å². The number of benzene rings is 2. The molecule has 2 fully saturated rings. The van der Waals surface area contributed by atoms with Crippen LogP contribution in [0.3, 0.4) is 0 Å². The number of halogens is 1. The lowest BCUT2D eigenvalue weighted by atomic mass is 9.92. The van der Waals surface area contributed by atoms with Gasteiger partial charge in [0.15, 0.2) is 0 Å². The van der Waals surface area contributed by atoms with E-state index >= 15 is 4.39 Å². The Labute approximate surface area is 212 Å². The molecular weight excluding hydrogens is 457 g/mol. The maximum atomic E-state index is 15.1. The number of nitrogens with zero attached hydrogens (tertiary/aromatic N) is 2. The number of fused-ring (bicyclic) bond motifs is 1. The van der Waals surface area contributed by atoms with Crippen LogP contribution in [0.15, 0.2) is 48.5 Å². The molecule has 0 spiro atoms. The molecule has 2 aromatic carbocycles. The van der Waals surface area contributed by atoms with Gasteiger partial charge in [-0.1, -0.05) is 30.3 Å². The van der Waals surface area contributed by atoms with Crippen LogP contribution >= 0.6 is 0 Å². The fraction of sp³-hybridized carbons (Fsp3) is 0.483. The van der Waals surface area contributed by atoms with Crippen LogP contribution in [-0.2, 0) is 17.7 Å². The first-order valence-electron chi connectivity index (χ1n) is 13.0. The molecule has 0 radical (unpaired) electrons. The van der Waals surface area contributed by atoms with E-state index in [0.717, 1.165) is 44.5 Å². The van der Waals surface area contributed by atoms with Gasteiger partial charge in [-0.05, 0) is 74.5 Å². The number of rotatable bonds is 7. The minimum atomic E-state index is -1.09. The van der Waals surface area contributed by atoms with Gasteiger partial charge in [0, 0.05) is 61.3 Å². The minimum Gasteiger partial charge on any atom is -0.381 e. The number of hydroxylamine groups is 1. The van der Waals surface area contributed by atoms with Crippen molar-refractivity contribution in [1.82, 2.24) is 14.9 Å². The van der Waals surface area contributed by atoms with Crippen molar-refractivity contribution in [3.8, 4) is 0 Å². The summed E-state index contributed by atoms with van der Waals surface area (Å²) in [7, 11) is 0. The number of para-hydroxylation sites is 1. The van der Waals surface area contributed by atoms with Crippen molar-refractivity contribution >= 4 is 16.8 Å². The maximum Gasteiger partial charge on any atom is 0.274 e. The first-order chi connectivity index (χ1) is 17.5. The van der Waals surface area contributed by atoms with E-state index in [-0.39, 0.29) is 0 Å². The van der Waals surface area contributed by atoms with Crippen molar-refractivity contribution in [2.45, 2.75) is 51.2 Å². The van der Waals surface area contributed by atoms with E-state index in [2.05, 4.69) is 40.7 Å². The SMILES string of the molecule is Cc1c(Cc2ccc(C(=O)NO)cc2)c2ccccc2n1CC1CCN(CC2(F)CCOCC2)CC1. The molecule has 3 aromatic rings. The van der Waals surface area contributed by atoms with E-state index in [1.807, 2.05) is 12.1 Å². The molecule has 1 aromatic heterocycles. The van der Waals surface area contributed by atoms with Gasteiger partial charge in [-0.15, -0.1) is 0 Å². The van der Waals surface area contributed by atoms with E-state index in [1.165, 1.54) is 22.2 Å². The third-order valence-corrected chi connectivity index (χ3v) is 8.10. The summed E-state index contributed by atoms with van der Waals surface area (Å²) >= 11 is 0. The summed E-state index contributed by atoms with van der Waals surface area (Å²) in [5, 5.41) is 10.1. The number of nitrogens with one attached hydrogen (secondary N) is 1. The average molecular weight is 494 g/mol. The van der Waals surface area contributed by atoms with Crippen LogP contribution in [0.1, 0.15) is 52.9 Å². The smallest absolute Gasteiger partial charge is 0.274 e. The molecular formula is C29H36FN3O3. The highest BCUT2D eigenvalue weighted by molar-refractivity contribution is 5.93. The Morgan fingerprint density at radius 3 is 2.50 bits per heavy atom. The number of hydrogen-bond acceptors (Lipinski definition) is 4. The van der Waals surface area contributed by atoms with E-state index in [9.17, 15) is 4.79 Å². The van der Waals surface area contributed by atoms with E-state index < -0.39 is 11.6 Å². The van der Waals surface area contributed by atoms with Gasteiger partial charge < -0.3 is 14.2 Å². The van der Waals surface area contributed by atoms with Crippen molar-refractivity contribution in [1.29, 1.82) is 0 Å². The molecule has 0 bridgehead atoms. The zero-order valence-corrected chi connectivity index (χ0v) is 21.0. The highest BCUT2D eigenvalue weighted by Gasteiger charge is 2.35. The lowest BCUT2D eigenvalue weighted by Gasteiger charge is -2.38. The van der Waals surface area contributed by atoms with Crippen LogP contribution in [0.5, 0.6) is 0 Å². The van der Waals surface area contributed by atoms with Gasteiger partial charge in [0.25, 0.3) is 5.91 Å². The molecule has 2 N–H and O–H groups in total. The molecule has 6 nitrogen and oxygen atoms in total.